The lowest BCUT2D eigenvalue weighted by atomic mass is 9.95. The highest BCUT2D eigenvalue weighted by atomic mass is 16.5. The Kier molecular flexibility index (Phi) is 16.0. The fourth-order valence-electron chi connectivity index (χ4n) is 7.37. The first-order chi connectivity index (χ1) is 33.9. The van der Waals surface area contributed by atoms with Crippen LogP contribution >= 0.6 is 0 Å². The van der Waals surface area contributed by atoms with Crippen molar-refractivity contribution in [3.8, 4) is 46.2 Å². The van der Waals surface area contributed by atoms with Gasteiger partial charge in [0.1, 0.15) is 23.6 Å². The van der Waals surface area contributed by atoms with Crippen molar-refractivity contribution in [2.24, 2.45) is 0 Å². The van der Waals surface area contributed by atoms with Crippen molar-refractivity contribution in [2.45, 2.75) is 52.4 Å². The molecule has 0 saturated carbocycles. The molecule has 16 heteroatoms. The summed E-state index contributed by atoms with van der Waals surface area (Å²) in [6.07, 6.45) is 13.8. The highest BCUT2D eigenvalue weighted by Gasteiger charge is 2.15. The second kappa shape index (κ2) is 23.0. The van der Waals surface area contributed by atoms with E-state index < -0.39 is 0 Å². The number of methoxy groups -OCH3 is 2. The topological polar surface area (TPSA) is 227 Å². The Labute approximate surface area is 405 Å². The van der Waals surface area contributed by atoms with Crippen molar-refractivity contribution in [1.29, 1.82) is 10.5 Å². The van der Waals surface area contributed by atoms with E-state index in [1.165, 1.54) is 24.8 Å². The quantitative estimate of drug-likeness (QED) is 0.104. The average Bonchev–Trinajstić information content (AvgIpc) is 3.39. The molecule has 4 aromatic carbocycles. The normalized spacial score (nSPS) is 11.4. The van der Waals surface area contributed by atoms with Gasteiger partial charge in [0.15, 0.2) is 0 Å². The van der Waals surface area contributed by atoms with Gasteiger partial charge in [-0.25, -0.2) is 29.9 Å². The number of hydrogen-bond donors (Lipinski definition) is 2. The number of carbonyl (C=O) groups is 2. The molecule has 2 amide bonds. The molecular formula is C54H48N12O4. The van der Waals surface area contributed by atoms with E-state index in [0.29, 0.717) is 24.2 Å². The zero-order valence-corrected chi connectivity index (χ0v) is 39.4. The van der Waals surface area contributed by atoms with Gasteiger partial charge in [-0.1, -0.05) is 62.4 Å². The number of amides is 2. The van der Waals surface area contributed by atoms with Crippen LogP contribution in [-0.2, 0) is 12.8 Å². The molecule has 348 valence electrons. The SMILES string of the molecule is COc1cc(-c2cncc(CC(C)c3cccc(NC(=O)c4cnc(C#N)nc4)c3)n2)ccc1C.COc1cc(-c2cncc(C[C@@H](C)c3cccc(NC(=O)c4cnc(C#N)nc4)c3)n2)ccc1C. The first-order valence-electron chi connectivity index (χ1n) is 22.1. The Morgan fingerprint density at radius 3 is 1.33 bits per heavy atom. The van der Waals surface area contributed by atoms with Gasteiger partial charge in [0, 0.05) is 59.7 Å². The van der Waals surface area contributed by atoms with Gasteiger partial charge in [-0.15, -0.1) is 0 Å². The zero-order valence-electron chi connectivity index (χ0n) is 39.4. The fourth-order valence-corrected chi connectivity index (χ4v) is 7.37. The number of nitrogens with one attached hydrogen (secondary N) is 2. The van der Waals surface area contributed by atoms with Gasteiger partial charge >= 0.3 is 0 Å². The Morgan fingerprint density at radius 2 is 0.957 bits per heavy atom. The van der Waals surface area contributed by atoms with E-state index in [1.54, 1.807) is 39.0 Å². The van der Waals surface area contributed by atoms with Gasteiger partial charge in [-0.05, 0) is 97.2 Å². The molecule has 0 saturated heterocycles. The summed E-state index contributed by atoms with van der Waals surface area (Å²) in [6.45, 7) is 8.22. The number of anilines is 2. The van der Waals surface area contributed by atoms with Crippen LogP contribution in [0.2, 0.25) is 0 Å². The fraction of sp³-hybridized carbons (Fsp3) is 0.185. The summed E-state index contributed by atoms with van der Waals surface area (Å²) in [7, 11) is 3.31. The maximum Gasteiger partial charge on any atom is 0.258 e. The first kappa shape index (κ1) is 48.6. The van der Waals surface area contributed by atoms with Crippen molar-refractivity contribution >= 4 is 23.2 Å². The van der Waals surface area contributed by atoms with E-state index >= 15 is 0 Å². The Balaban J connectivity index is 0.000000206. The van der Waals surface area contributed by atoms with Crippen molar-refractivity contribution in [1.82, 2.24) is 39.9 Å². The molecule has 8 aromatic rings. The molecule has 4 heterocycles. The minimum atomic E-state index is -0.341. The molecule has 1 unspecified atom stereocenters. The van der Waals surface area contributed by atoms with E-state index in [1.807, 2.05) is 111 Å². The van der Waals surface area contributed by atoms with Gasteiger partial charge in [-0.2, -0.15) is 10.5 Å². The van der Waals surface area contributed by atoms with Gasteiger partial charge in [0.05, 0.1) is 60.5 Å². The number of carbonyl (C=O) groups excluding carboxylic acids is 2. The van der Waals surface area contributed by atoms with Crippen molar-refractivity contribution in [2.75, 3.05) is 24.9 Å². The molecule has 8 rings (SSSR count). The summed E-state index contributed by atoms with van der Waals surface area (Å²) in [5, 5.41) is 23.3. The summed E-state index contributed by atoms with van der Waals surface area (Å²) >= 11 is 0. The summed E-state index contributed by atoms with van der Waals surface area (Å²) in [4.78, 5) is 58.8. The summed E-state index contributed by atoms with van der Waals surface area (Å²) in [6, 6.07) is 31.0. The van der Waals surface area contributed by atoms with Crippen LogP contribution in [-0.4, -0.2) is 65.9 Å². The van der Waals surface area contributed by atoms with Crippen molar-refractivity contribution < 1.29 is 19.1 Å². The van der Waals surface area contributed by atoms with Gasteiger partial charge < -0.3 is 20.1 Å². The Hall–Kier alpha value is -9.28. The van der Waals surface area contributed by atoms with E-state index in [0.717, 1.165) is 67.7 Å². The summed E-state index contributed by atoms with van der Waals surface area (Å²) in [5.41, 5.74) is 11.4. The summed E-state index contributed by atoms with van der Waals surface area (Å²) in [5.74, 6) is 1.27. The Bertz CT molecular complexity index is 3010. The van der Waals surface area contributed by atoms with Gasteiger partial charge in [-0.3, -0.25) is 19.6 Å². The van der Waals surface area contributed by atoms with Crippen LogP contribution in [0.5, 0.6) is 11.5 Å². The predicted molar refractivity (Wildman–Crippen MR) is 264 cm³/mol. The van der Waals surface area contributed by atoms with Crippen LogP contribution in [0.15, 0.2) is 135 Å². The number of rotatable bonds is 14. The zero-order chi connectivity index (χ0) is 49.6. The van der Waals surface area contributed by atoms with Crippen LogP contribution in [0.4, 0.5) is 11.4 Å². The second-order valence-corrected chi connectivity index (χ2v) is 16.3. The molecule has 16 nitrogen and oxygen atoms in total. The molecule has 0 aliphatic carbocycles. The number of hydrogen-bond acceptors (Lipinski definition) is 14. The molecule has 0 bridgehead atoms. The van der Waals surface area contributed by atoms with E-state index in [-0.39, 0.29) is 46.4 Å². The molecular weight excluding hydrogens is 881 g/mol. The number of nitriles is 2. The van der Waals surface area contributed by atoms with Gasteiger partial charge in [0.25, 0.3) is 11.8 Å². The largest absolute Gasteiger partial charge is 0.496 e. The standard InChI is InChI=1S/2C27H24N6O2/c2*1-17-7-8-20(11-25(17)35-3)24-16-29-15-23(32-24)9-18(2)19-5-4-6-22(10-19)33-27(34)21-13-30-26(12-28)31-14-21/h2*4-8,10-11,13-16,18H,9H2,1-3H3,(H,33,34)/t18-;/m1./s1. The number of ether oxygens (including phenoxy) is 2. The smallest absolute Gasteiger partial charge is 0.258 e. The monoisotopic (exact) mass is 928 g/mol. The number of benzene rings is 4. The maximum atomic E-state index is 12.5. The van der Waals surface area contributed by atoms with Crippen LogP contribution < -0.4 is 20.1 Å². The second-order valence-electron chi connectivity index (χ2n) is 16.3. The minimum Gasteiger partial charge on any atom is -0.496 e. The van der Waals surface area contributed by atoms with Crippen LogP contribution in [0.25, 0.3) is 22.5 Å². The molecule has 0 aliphatic heterocycles. The lowest BCUT2D eigenvalue weighted by molar-refractivity contribution is 0.101. The average molecular weight is 929 g/mol. The molecule has 0 radical (unpaired) electrons. The van der Waals surface area contributed by atoms with Crippen molar-refractivity contribution in [3.63, 3.8) is 0 Å². The lowest BCUT2D eigenvalue weighted by Crippen LogP contribution is -2.13. The number of nitrogens with zero attached hydrogens (tertiary/aromatic N) is 10. The predicted octanol–water partition coefficient (Wildman–Crippen LogP) is 9.44. The first-order valence-corrected chi connectivity index (χ1v) is 22.1. The molecule has 2 N–H and O–H groups in total. The van der Waals surface area contributed by atoms with Crippen LogP contribution in [0, 0.1) is 36.5 Å². The van der Waals surface area contributed by atoms with Crippen LogP contribution in [0.3, 0.4) is 0 Å². The third kappa shape index (κ3) is 12.6. The maximum absolute atomic E-state index is 12.5. The molecule has 2 atom stereocenters. The van der Waals surface area contributed by atoms with E-state index in [4.69, 9.17) is 30.0 Å². The highest BCUT2D eigenvalue weighted by molar-refractivity contribution is 6.04. The number of aromatic nitrogens is 8. The van der Waals surface area contributed by atoms with Crippen LogP contribution in [0.1, 0.15) is 91.7 Å². The molecule has 0 spiro atoms. The highest BCUT2D eigenvalue weighted by Crippen LogP contribution is 2.29. The van der Waals surface area contributed by atoms with Crippen molar-refractivity contribution in [3.05, 3.63) is 191 Å². The van der Waals surface area contributed by atoms with E-state index in [2.05, 4.69) is 54.4 Å². The molecule has 4 aromatic heterocycles. The molecule has 70 heavy (non-hydrogen) atoms. The summed E-state index contributed by atoms with van der Waals surface area (Å²) < 4.78 is 10.9. The molecule has 0 aliphatic rings. The minimum absolute atomic E-state index is 0.0195. The third-order valence-electron chi connectivity index (χ3n) is 11.3. The lowest BCUT2D eigenvalue weighted by Gasteiger charge is -2.14. The Morgan fingerprint density at radius 1 is 0.557 bits per heavy atom. The van der Waals surface area contributed by atoms with E-state index in [9.17, 15) is 9.59 Å². The molecule has 0 fully saturated rings. The number of aryl methyl sites for hydroxylation is 2. The van der Waals surface area contributed by atoms with Gasteiger partial charge in [0.2, 0.25) is 11.6 Å². The third-order valence-corrected chi connectivity index (χ3v) is 11.3.